The molecule has 0 aliphatic heterocycles. The molecule has 1 aromatic carbocycles. The molecule has 112 valence electrons. The van der Waals surface area contributed by atoms with Gasteiger partial charge in [0.2, 0.25) is 11.8 Å². The Balaban J connectivity index is 1.75. The zero-order chi connectivity index (χ0) is 15.6. The summed E-state index contributed by atoms with van der Waals surface area (Å²) < 4.78 is 10.8. The number of fused-ring (bicyclic) bond motifs is 1. The van der Waals surface area contributed by atoms with Gasteiger partial charge in [-0.25, -0.2) is 15.0 Å². The molecule has 0 aliphatic carbocycles. The number of hydrogen-bond donors (Lipinski definition) is 0. The van der Waals surface area contributed by atoms with E-state index in [0.29, 0.717) is 17.4 Å². The van der Waals surface area contributed by atoms with Gasteiger partial charge >= 0.3 is 0 Å². The predicted octanol–water partition coefficient (Wildman–Crippen LogP) is 3.36. The highest BCUT2D eigenvalue weighted by Crippen LogP contribution is 2.27. The average molecular weight is 304 g/mol. The Labute approximate surface area is 131 Å². The fourth-order valence-electron chi connectivity index (χ4n) is 2.27. The van der Waals surface area contributed by atoms with Gasteiger partial charge in [0.15, 0.2) is 5.58 Å². The van der Waals surface area contributed by atoms with Crippen LogP contribution in [0.1, 0.15) is 0 Å². The second-order valence-electron chi connectivity index (χ2n) is 4.89. The number of pyridine rings is 1. The van der Waals surface area contributed by atoms with E-state index in [1.165, 1.54) is 0 Å². The lowest BCUT2D eigenvalue weighted by Gasteiger charge is -2.01. The van der Waals surface area contributed by atoms with Crippen LogP contribution in [0.5, 0.6) is 5.88 Å². The quantitative estimate of drug-likeness (QED) is 0.578. The minimum absolute atomic E-state index is 0.482. The van der Waals surface area contributed by atoms with Crippen molar-refractivity contribution < 1.29 is 9.15 Å². The Morgan fingerprint density at radius 2 is 1.96 bits per heavy atom. The average Bonchev–Trinajstić information content (AvgIpc) is 3.06. The molecule has 0 radical (unpaired) electrons. The molecule has 0 saturated heterocycles. The first-order valence-corrected chi connectivity index (χ1v) is 7.01. The molecule has 0 atom stereocenters. The molecule has 4 rings (SSSR count). The molecule has 0 bridgehead atoms. The lowest BCUT2D eigenvalue weighted by atomic mass is 10.1. The lowest BCUT2D eigenvalue weighted by molar-refractivity contribution is 0.396. The van der Waals surface area contributed by atoms with Gasteiger partial charge in [-0.1, -0.05) is 0 Å². The Morgan fingerprint density at radius 1 is 1.00 bits per heavy atom. The van der Waals surface area contributed by atoms with Crippen molar-refractivity contribution in [3.8, 4) is 28.6 Å². The van der Waals surface area contributed by atoms with Crippen LogP contribution in [0.25, 0.3) is 33.8 Å². The van der Waals surface area contributed by atoms with Crippen LogP contribution in [0.3, 0.4) is 0 Å². The van der Waals surface area contributed by atoms with Crippen LogP contribution in [-0.2, 0) is 0 Å². The van der Waals surface area contributed by atoms with E-state index in [2.05, 4.69) is 19.9 Å². The highest BCUT2D eigenvalue weighted by atomic mass is 16.5. The highest BCUT2D eigenvalue weighted by Gasteiger charge is 2.10. The van der Waals surface area contributed by atoms with E-state index in [9.17, 15) is 0 Å². The first kappa shape index (κ1) is 13.4. The molecule has 0 amide bonds. The lowest BCUT2D eigenvalue weighted by Crippen LogP contribution is -1.90. The molecule has 23 heavy (non-hydrogen) atoms. The number of methoxy groups -OCH3 is 1. The van der Waals surface area contributed by atoms with Crippen LogP contribution in [0, 0.1) is 0 Å². The summed E-state index contributed by atoms with van der Waals surface area (Å²) in [5, 5.41) is 0. The number of hydrogen-bond acceptors (Lipinski definition) is 6. The number of benzene rings is 1. The molecular formula is C17H12N4O2. The van der Waals surface area contributed by atoms with Gasteiger partial charge in [0, 0.05) is 18.0 Å². The maximum atomic E-state index is 5.77. The van der Waals surface area contributed by atoms with E-state index in [0.717, 1.165) is 22.3 Å². The third-order valence-corrected chi connectivity index (χ3v) is 3.43. The van der Waals surface area contributed by atoms with Crippen LogP contribution in [0.2, 0.25) is 0 Å². The summed E-state index contributed by atoms with van der Waals surface area (Å²) in [5.74, 6) is 1.03. The van der Waals surface area contributed by atoms with Crippen molar-refractivity contribution in [3.63, 3.8) is 0 Å². The molecule has 6 heteroatoms. The summed E-state index contributed by atoms with van der Waals surface area (Å²) in [7, 11) is 1.56. The van der Waals surface area contributed by atoms with E-state index in [1.54, 1.807) is 31.9 Å². The van der Waals surface area contributed by atoms with Gasteiger partial charge in [0.25, 0.3) is 0 Å². The maximum absolute atomic E-state index is 5.77. The molecule has 3 heterocycles. The summed E-state index contributed by atoms with van der Waals surface area (Å²) in [6, 6.07) is 9.49. The number of ether oxygens (including phenoxy) is 1. The summed E-state index contributed by atoms with van der Waals surface area (Å²) in [4.78, 5) is 17.1. The summed E-state index contributed by atoms with van der Waals surface area (Å²) in [6.07, 6.45) is 6.69. The van der Waals surface area contributed by atoms with E-state index >= 15 is 0 Å². The molecule has 0 spiro atoms. The standard InChI is InChI=1S/C17H12N4O2/c1-22-16-10-19-14(9-20-16)11-4-5-15-13(7-11)21-17(23-15)12-3-2-6-18-8-12/h2-10H,1H3. The third-order valence-electron chi connectivity index (χ3n) is 3.43. The van der Waals surface area contributed by atoms with Gasteiger partial charge in [-0.2, -0.15) is 0 Å². The molecular weight excluding hydrogens is 292 g/mol. The predicted molar refractivity (Wildman–Crippen MR) is 84.8 cm³/mol. The highest BCUT2D eigenvalue weighted by molar-refractivity contribution is 5.81. The van der Waals surface area contributed by atoms with Gasteiger partial charge in [-0.15, -0.1) is 0 Å². The van der Waals surface area contributed by atoms with Gasteiger partial charge < -0.3 is 9.15 Å². The van der Waals surface area contributed by atoms with Gasteiger partial charge in [0.05, 0.1) is 30.8 Å². The number of rotatable bonds is 3. The normalized spacial score (nSPS) is 10.8. The van der Waals surface area contributed by atoms with Crippen LogP contribution in [-0.4, -0.2) is 27.0 Å². The van der Waals surface area contributed by atoms with Crippen LogP contribution >= 0.6 is 0 Å². The Morgan fingerprint density at radius 3 is 2.70 bits per heavy atom. The van der Waals surface area contributed by atoms with Crippen molar-refractivity contribution in [1.82, 2.24) is 19.9 Å². The zero-order valence-corrected chi connectivity index (χ0v) is 12.3. The fraction of sp³-hybridized carbons (Fsp3) is 0.0588. The first-order chi connectivity index (χ1) is 11.3. The van der Waals surface area contributed by atoms with Crippen molar-refractivity contribution in [2.45, 2.75) is 0 Å². The minimum atomic E-state index is 0.482. The molecule has 0 fully saturated rings. The third kappa shape index (κ3) is 2.50. The van der Waals surface area contributed by atoms with E-state index in [1.807, 2.05) is 30.3 Å². The summed E-state index contributed by atoms with van der Waals surface area (Å²) in [5.41, 5.74) is 3.99. The zero-order valence-electron chi connectivity index (χ0n) is 12.3. The van der Waals surface area contributed by atoms with E-state index < -0.39 is 0 Å². The SMILES string of the molecule is COc1cnc(-c2ccc3oc(-c4cccnc4)nc3c2)cn1. The van der Waals surface area contributed by atoms with Crippen molar-refractivity contribution in [2.24, 2.45) is 0 Å². The monoisotopic (exact) mass is 304 g/mol. The number of nitrogens with zero attached hydrogens (tertiary/aromatic N) is 4. The van der Waals surface area contributed by atoms with Crippen molar-refractivity contribution in [3.05, 3.63) is 55.1 Å². The van der Waals surface area contributed by atoms with Crippen LogP contribution < -0.4 is 4.74 Å². The Hall–Kier alpha value is -3.28. The van der Waals surface area contributed by atoms with Crippen molar-refractivity contribution in [1.29, 1.82) is 0 Å². The maximum Gasteiger partial charge on any atom is 0.232 e. The Bertz CT molecular complexity index is 949. The van der Waals surface area contributed by atoms with Gasteiger partial charge in [0.1, 0.15) is 5.52 Å². The number of aromatic nitrogens is 4. The molecule has 0 aliphatic rings. The van der Waals surface area contributed by atoms with Gasteiger partial charge in [-0.3, -0.25) is 4.98 Å². The first-order valence-electron chi connectivity index (χ1n) is 7.01. The molecule has 0 saturated carbocycles. The second kappa shape index (κ2) is 5.49. The summed E-state index contributed by atoms with van der Waals surface area (Å²) >= 11 is 0. The second-order valence-corrected chi connectivity index (χ2v) is 4.89. The van der Waals surface area contributed by atoms with E-state index in [-0.39, 0.29) is 0 Å². The van der Waals surface area contributed by atoms with Gasteiger partial charge in [-0.05, 0) is 30.3 Å². The molecule has 0 N–H and O–H groups in total. The topological polar surface area (TPSA) is 73.9 Å². The van der Waals surface area contributed by atoms with Crippen LogP contribution in [0.4, 0.5) is 0 Å². The van der Waals surface area contributed by atoms with E-state index in [4.69, 9.17) is 9.15 Å². The van der Waals surface area contributed by atoms with Crippen molar-refractivity contribution >= 4 is 11.1 Å². The molecule has 0 unspecified atom stereocenters. The van der Waals surface area contributed by atoms with Crippen molar-refractivity contribution in [2.75, 3.05) is 7.11 Å². The molecule has 3 aromatic heterocycles. The van der Waals surface area contributed by atoms with Crippen LogP contribution in [0.15, 0.2) is 59.5 Å². The Kier molecular flexibility index (Phi) is 3.20. The number of oxazole rings is 1. The minimum Gasteiger partial charge on any atom is -0.480 e. The largest absolute Gasteiger partial charge is 0.480 e. The fourth-order valence-corrected chi connectivity index (χ4v) is 2.27. The summed E-state index contributed by atoms with van der Waals surface area (Å²) in [6.45, 7) is 0. The smallest absolute Gasteiger partial charge is 0.232 e. The molecule has 4 aromatic rings. The molecule has 6 nitrogen and oxygen atoms in total.